The number of hydrogen-bond acceptors (Lipinski definition) is 7. The number of hydrogen-bond donors (Lipinski definition) is 3. The summed E-state index contributed by atoms with van der Waals surface area (Å²) in [5.74, 6) is -1.54. The zero-order valence-electron chi connectivity index (χ0n) is 16.0. The van der Waals surface area contributed by atoms with Crippen LogP contribution in [-0.2, 0) is 9.59 Å². The first-order valence-corrected chi connectivity index (χ1v) is 8.83. The molecule has 1 aliphatic heterocycles. The van der Waals surface area contributed by atoms with Gasteiger partial charge in [-0.15, -0.1) is 0 Å². The van der Waals surface area contributed by atoms with Crippen LogP contribution in [0.3, 0.4) is 0 Å². The van der Waals surface area contributed by atoms with Crippen molar-refractivity contribution in [2.45, 2.75) is 6.04 Å². The van der Waals surface area contributed by atoms with Crippen LogP contribution in [0.25, 0.3) is 5.76 Å². The molecule has 0 radical (unpaired) electrons. The molecule has 1 amide bonds. The second-order valence-electron chi connectivity index (χ2n) is 6.38. The number of likely N-dealkylation sites (tertiary alicyclic amines) is 1. The van der Waals surface area contributed by atoms with E-state index in [-0.39, 0.29) is 36.0 Å². The van der Waals surface area contributed by atoms with Crippen LogP contribution in [-0.4, -0.2) is 59.3 Å². The summed E-state index contributed by atoms with van der Waals surface area (Å²) in [5, 5.41) is 30.2. The standard InChI is InChI=1S/C21H21NO7/c1-28-14-5-3-4-13(10-14)19(25)17-18(22(8-9-23)21(27)20(17)26)12-6-7-15(24)16(11-12)29-2/h3-7,10-11,18,23-25H,8-9H2,1-2H3/t18-/m0/s1. The van der Waals surface area contributed by atoms with Gasteiger partial charge in [0.25, 0.3) is 11.7 Å². The summed E-state index contributed by atoms with van der Waals surface area (Å²) in [6, 6.07) is 9.89. The van der Waals surface area contributed by atoms with E-state index in [1.165, 1.54) is 37.3 Å². The van der Waals surface area contributed by atoms with Gasteiger partial charge in [-0.2, -0.15) is 0 Å². The molecule has 152 valence electrons. The van der Waals surface area contributed by atoms with Crippen molar-refractivity contribution < 1.29 is 34.4 Å². The molecule has 3 N–H and O–H groups in total. The fourth-order valence-electron chi connectivity index (χ4n) is 3.36. The molecular formula is C21H21NO7. The fourth-order valence-corrected chi connectivity index (χ4v) is 3.36. The van der Waals surface area contributed by atoms with E-state index in [0.717, 1.165) is 0 Å². The average molecular weight is 399 g/mol. The molecule has 0 unspecified atom stereocenters. The van der Waals surface area contributed by atoms with E-state index in [1.54, 1.807) is 24.3 Å². The third kappa shape index (κ3) is 3.62. The van der Waals surface area contributed by atoms with Gasteiger partial charge in [-0.1, -0.05) is 18.2 Å². The number of aliphatic hydroxyl groups excluding tert-OH is 2. The maximum Gasteiger partial charge on any atom is 0.295 e. The minimum atomic E-state index is -0.956. The third-order valence-corrected chi connectivity index (χ3v) is 4.74. The zero-order chi connectivity index (χ0) is 21.1. The van der Waals surface area contributed by atoms with E-state index < -0.39 is 17.7 Å². The van der Waals surface area contributed by atoms with Gasteiger partial charge in [0, 0.05) is 12.1 Å². The minimum absolute atomic E-state index is 0.104. The van der Waals surface area contributed by atoms with E-state index >= 15 is 0 Å². The number of ether oxygens (including phenoxy) is 2. The van der Waals surface area contributed by atoms with Crippen molar-refractivity contribution >= 4 is 17.4 Å². The molecule has 8 heteroatoms. The minimum Gasteiger partial charge on any atom is -0.507 e. The predicted molar refractivity (Wildman–Crippen MR) is 104 cm³/mol. The van der Waals surface area contributed by atoms with Crippen LogP contribution < -0.4 is 9.47 Å². The van der Waals surface area contributed by atoms with E-state index in [1.807, 2.05) is 0 Å². The van der Waals surface area contributed by atoms with Crippen LogP contribution in [0.2, 0.25) is 0 Å². The van der Waals surface area contributed by atoms with Gasteiger partial charge in [-0.25, -0.2) is 0 Å². The number of benzene rings is 2. The smallest absolute Gasteiger partial charge is 0.295 e. The lowest BCUT2D eigenvalue weighted by Gasteiger charge is -2.25. The van der Waals surface area contributed by atoms with E-state index in [2.05, 4.69) is 0 Å². The van der Waals surface area contributed by atoms with Gasteiger partial charge >= 0.3 is 0 Å². The van der Waals surface area contributed by atoms with Crippen LogP contribution in [0.4, 0.5) is 0 Å². The van der Waals surface area contributed by atoms with Crippen LogP contribution in [0, 0.1) is 0 Å². The Hall–Kier alpha value is -3.52. The number of methoxy groups -OCH3 is 2. The second kappa shape index (κ2) is 8.24. The van der Waals surface area contributed by atoms with Crippen molar-refractivity contribution in [1.29, 1.82) is 0 Å². The molecule has 1 fully saturated rings. The number of nitrogens with zero attached hydrogens (tertiary/aromatic N) is 1. The van der Waals surface area contributed by atoms with Crippen LogP contribution >= 0.6 is 0 Å². The first kappa shape index (κ1) is 20.2. The number of aliphatic hydroxyl groups is 2. The predicted octanol–water partition coefficient (Wildman–Crippen LogP) is 1.82. The lowest BCUT2D eigenvalue weighted by molar-refractivity contribution is -0.140. The highest BCUT2D eigenvalue weighted by Gasteiger charge is 2.46. The normalized spacial score (nSPS) is 18.2. The number of phenols is 1. The van der Waals surface area contributed by atoms with Crippen molar-refractivity contribution in [1.82, 2.24) is 4.90 Å². The highest BCUT2D eigenvalue weighted by atomic mass is 16.5. The molecule has 1 heterocycles. The maximum absolute atomic E-state index is 12.8. The number of amides is 1. The first-order chi connectivity index (χ1) is 13.9. The molecule has 1 saturated heterocycles. The summed E-state index contributed by atoms with van der Waals surface area (Å²) in [6.45, 7) is -0.467. The Labute approximate surface area is 167 Å². The van der Waals surface area contributed by atoms with E-state index in [9.17, 15) is 24.9 Å². The summed E-state index contributed by atoms with van der Waals surface area (Å²) in [6.07, 6.45) is 0. The van der Waals surface area contributed by atoms with Gasteiger partial charge in [-0.3, -0.25) is 9.59 Å². The maximum atomic E-state index is 12.8. The molecule has 1 atom stereocenters. The molecule has 0 aromatic heterocycles. The van der Waals surface area contributed by atoms with Crippen molar-refractivity contribution in [3.8, 4) is 17.2 Å². The Balaban J connectivity index is 2.21. The van der Waals surface area contributed by atoms with Gasteiger partial charge in [0.1, 0.15) is 11.5 Å². The number of aromatic hydroxyl groups is 1. The molecule has 3 rings (SSSR count). The highest BCUT2D eigenvalue weighted by Crippen LogP contribution is 2.41. The van der Waals surface area contributed by atoms with E-state index in [4.69, 9.17) is 9.47 Å². The molecule has 2 aromatic rings. The molecule has 29 heavy (non-hydrogen) atoms. The fraction of sp³-hybridized carbons (Fsp3) is 0.238. The van der Waals surface area contributed by atoms with Gasteiger partial charge in [0.2, 0.25) is 0 Å². The largest absolute Gasteiger partial charge is 0.507 e. The van der Waals surface area contributed by atoms with Crippen molar-refractivity contribution in [3.63, 3.8) is 0 Å². The Kier molecular flexibility index (Phi) is 5.74. The Morgan fingerprint density at radius 3 is 2.52 bits per heavy atom. The average Bonchev–Trinajstić information content (AvgIpc) is 2.99. The zero-order valence-corrected chi connectivity index (χ0v) is 16.0. The summed E-state index contributed by atoms with van der Waals surface area (Å²) in [4.78, 5) is 26.5. The number of rotatable bonds is 6. The lowest BCUT2D eigenvalue weighted by atomic mass is 9.95. The number of ketones is 1. The van der Waals surface area contributed by atoms with Crippen molar-refractivity contribution in [2.75, 3.05) is 27.4 Å². The highest BCUT2D eigenvalue weighted by molar-refractivity contribution is 6.46. The molecule has 0 spiro atoms. The van der Waals surface area contributed by atoms with Crippen LogP contribution in [0.5, 0.6) is 17.2 Å². The number of carbonyl (C=O) groups is 2. The monoisotopic (exact) mass is 399 g/mol. The van der Waals surface area contributed by atoms with Crippen LogP contribution in [0.1, 0.15) is 17.2 Å². The van der Waals surface area contributed by atoms with Crippen molar-refractivity contribution in [3.05, 3.63) is 59.2 Å². The summed E-state index contributed by atoms with van der Waals surface area (Å²) < 4.78 is 10.3. The van der Waals surface area contributed by atoms with Gasteiger partial charge in [-0.05, 0) is 29.8 Å². The Morgan fingerprint density at radius 1 is 1.10 bits per heavy atom. The molecule has 0 saturated carbocycles. The molecule has 0 aliphatic carbocycles. The number of phenolic OH excluding ortho intramolecular Hbond substituents is 1. The quantitative estimate of drug-likeness (QED) is 0.385. The summed E-state index contributed by atoms with van der Waals surface area (Å²) in [7, 11) is 2.85. The number of β-amino-alcohol motifs (C(OH)–C–C–N with tert-alkyl or cyclic N) is 1. The van der Waals surface area contributed by atoms with E-state index in [0.29, 0.717) is 16.9 Å². The topological polar surface area (TPSA) is 117 Å². The first-order valence-electron chi connectivity index (χ1n) is 8.83. The number of carbonyl (C=O) groups excluding carboxylic acids is 2. The molecular weight excluding hydrogens is 378 g/mol. The Morgan fingerprint density at radius 2 is 1.86 bits per heavy atom. The van der Waals surface area contributed by atoms with Crippen LogP contribution in [0.15, 0.2) is 48.0 Å². The second-order valence-corrected chi connectivity index (χ2v) is 6.38. The molecule has 2 aromatic carbocycles. The van der Waals surface area contributed by atoms with Crippen molar-refractivity contribution in [2.24, 2.45) is 0 Å². The van der Waals surface area contributed by atoms with Gasteiger partial charge in [0.15, 0.2) is 11.5 Å². The van der Waals surface area contributed by atoms with Gasteiger partial charge < -0.3 is 29.7 Å². The lowest BCUT2D eigenvalue weighted by Crippen LogP contribution is -2.32. The Bertz CT molecular complexity index is 983. The SMILES string of the molecule is COc1cccc(C(O)=C2C(=O)C(=O)N(CCO)[C@H]2c2ccc(O)c(OC)c2)c1. The third-order valence-electron chi connectivity index (χ3n) is 4.74. The molecule has 0 bridgehead atoms. The summed E-state index contributed by atoms with van der Waals surface area (Å²) >= 11 is 0. The molecule has 8 nitrogen and oxygen atoms in total. The summed E-state index contributed by atoms with van der Waals surface area (Å²) in [5.41, 5.74) is 0.628. The number of Topliss-reactive ketones (excluding diaryl/α,β-unsaturated/α-hetero) is 1. The van der Waals surface area contributed by atoms with Gasteiger partial charge in [0.05, 0.1) is 32.4 Å². The molecule has 1 aliphatic rings.